The van der Waals surface area contributed by atoms with Gasteiger partial charge in [0.15, 0.2) is 5.78 Å². The number of thiophene rings is 1. The highest BCUT2D eigenvalue weighted by atomic mass is 32.1. The number of carbonyl (C=O) groups excluding carboxylic acids is 3. The van der Waals surface area contributed by atoms with E-state index in [2.05, 4.69) is 0 Å². The van der Waals surface area contributed by atoms with Crippen molar-refractivity contribution in [2.45, 2.75) is 59.2 Å². The third-order valence-electron chi connectivity index (χ3n) is 5.97. The van der Waals surface area contributed by atoms with Crippen LogP contribution in [-0.4, -0.2) is 59.5 Å². The number of Topliss-reactive ketones (excluding diaryl/α,β-unsaturated/α-hetero) is 1. The molecule has 0 spiro atoms. The largest absolute Gasteiger partial charge is 0.464 e. The average molecular weight is 447 g/mol. The molecule has 1 fully saturated rings. The number of nitrogens with zero attached hydrogens (tertiary/aromatic N) is 2. The molecule has 2 unspecified atom stereocenters. The first-order chi connectivity index (χ1) is 14.8. The molecule has 2 aromatic heterocycles. The highest BCUT2D eigenvalue weighted by molar-refractivity contribution is 7.12. The first-order valence-electron chi connectivity index (χ1n) is 10.6. The third-order valence-corrected chi connectivity index (χ3v) is 6.83. The topological polar surface area (TPSA) is 77.8 Å². The second-order valence-corrected chi connectivity index (χ2v) is 8.73. The number of rotatable bonds is 8. The van der Waals surface area contributed by atoms with Gasteiger partial charge in [-0.05, 0) is 57.5 Å². The predicted octanol–water partition coefficient (Wildman–Crippen LogP) is 3.87. The van der Waals surface area contributed by atoms with Crippen LogP contribution in [0.25, 0.3) is 0 Å². The van der Waals surface area contributed by atoms with Crippen molar-refractivity contribution in [1.82, 2.24) is 9.47 Å². The Morgan fingerprint density at radius 1 is 1.35 bits per heavy atom. The van der Waals surface area contributed by atoms with Gasteiger partial charge in [0.25, 0.3) is 5.91 Å². The van der Waals surface area contributed by atoms with Gasteiger partial charge in [-0.1, -0.05) is 6.07 Å². The maximum atomic E-state index is 13.7. The fraction of sp³-hybridized carbons (Fsp3) is 0.522. The number of ether oxygens (including phenoxy) is 2. The van der Waals surface area contributed by atoms with Crippen LogP contribution >= 0.6 is 11.3 Å². The maximum absolute atomic E-state index is 13.7. The Hall–Kier alpha value is -2.45. The van der Waals surface area contributed by atoms with E-state index in [0.717, 1.165) is 12.8 Å². The molecule has 0 radical (unpaired) electrons. The molecule has 0 bridgehead atoms. The fourth-order valence-electron chi connectivity index (χ4n) is 4.33. The second kappa shape index (κ2) is 9.78. The average Bonchev–Trinajstić information content (AvgIpc) is 3.51. The zero-order valence-corrected chi connectivity index (χ0v) is 19.6. The molecule has 1 aliphatic rings. The highest BCUT2D eigenvalue weighted by Crippen LogP contribution is 2.27. The summed E-state index contributed by atoms with van der Waals surface area (Å²) in [6, 6.07) is 2.90. The summed E-state index contributed by atoms with van der Waals surface area (Å²) in [5.41, 5.74) is 2.15. The van der Waals surface area contributed by atoms with E-state index in [-0.39, 0.29) is 17.8 Å². The minimum atomic E-state index is -0.700. The van der Waals surface area contributed by atoms with Crippen molar-refractivity contribution in [3.63, 3.8) is 0 Å². The normalized spacial score (nSPS) is 16.9. The molecule has 1 amide bonds. The van der Waals surface area contributed by atoms with Gasteiger partial charge in [0.05, 0.1) is 24.1 Å². The summed E-state index contributed by atoms with van der Waals surface area (Å²) < 4.78 is 12.5. The van der Waals surface area contributed by atoms with Crippen LogP contribution in [0.3, 0.4) is 0 Å². The molecule has 2 aromatic rings. The summed E-state index contributed by atoms with van der Waals surface area (Å²) in [6.07, 6.45) is 1.74. The van der Waals surface area contributed by atoms with Gasteiger partial charge in [-0.3, -0.25) is 9.59 Å². The number of esters is 1. The van der Waals surface area contributed by atoms with Crippen LogP contribution < -0.4 is 0 Å². The Kier molecular flexibility index (Phi) is 7.33. The quantitative estimate of drug-likeness (QED) is 0.454. The second-order valence-electron chi connectivity index (χ2n) is 7.78. The van der Waals surface area contributed by atoms with Gasteiger partial charge in [0.1, 0.15) is 5.69 Å². The van der Waals surface area contributed by atoms with E-state index in [1.807, 2.05) is 25.3 Å². The number of carbonyl (C=O) groups is 3. The summed E-state index contributed by atoms with van der Waals surface area (Å²) in [5, 5.41) is 1.85. The van der Waals surface area contributed by atoms with E-state index < -0.39 is 12.0 Å². The van der Waals surface area contributed by atoms with Gasteiger partial charge in [0, 0.05) is 31.0 Å². The number of amides is 1. The zero-order chi connectivity index (χ0) is 22.7. The Morgan fingerprint density at radius 2 is 2.10 bits per heavy atom. The molecule has 3 heterocycles. The smallest absolute Gasteiger partial charge is 0.354 e. The van der Waals surface area contributed by atoms with Gasteiger partial charge in [-0.15, -0.1) is 11.3 Å². The van der Waals surface area contributed by atoms with Crippen LogP contribution in [0, 0.1) is 13.8 Å². The third kappa shape index (κ3) is 4.45. The molecule has 3 rings (SSSR count). The first kappa shape index (κ1) is 23.2. The van der Waals surface area contributed by atoms with Gasteiger partial charge in [0.2, 0.25) is 0 Å². The summed E-state index contributed by atoms with van der Waals surface area (Å²) in [4.78, 5) is 41.5. The van der Waals surface area contributed by atoms with Gasteiger partial charge in [-0.25, -0.2) is 4.79 Å². The van der Waals surface area contributed by atoms with Gasteiger partial charge in [-0.2, -0.15) is 0 Å². The van der Waals surface area contributed by atoms with E-state index in [9.17, 15) is 14.4 Å². The standard InChI is InChI=1S/C23H30N2O5S/c1-6-24-15(3)19(14(2)20(24)23(28)29-5)21(26)16(4)25(13-17-9-7-11-30-17)22(27)18-10-8-12-31-18/h8,10,12,16-17H,6-7,9,11,13H2,1-5H3. The fourth-order valence-corrected chi connectivity index (χ4v) is 5.01. The Balaban J connectivity index is 1.98. The molecule has 31 heavy (non-hydrogen) atoms. The van der Waals surface area contributed by atoms with Crippen molar-refractivity contribution in [1.29, 1.82) is 0 Å². The highest BCUT2D eigenvalue weighted by Gasteiger charge is 2.35. The summed E-state index contributed by atoms with van der Waals surface area (Å²) in [6.45, 7) is 8.83. The summed E-state index contributed by atoms with van der Waals surface area (Å²) >= 11 is 1.36. The molecule has 0 N–H and O–H groups in total. The van der Waals surface area contributed by atoms with Crippen molar-refractivity contribution in [3.05, 3.63) is 44.9 Å². The minimum absolute atomic E-state index is 0.0766. The molecule has 168 valence electrons. The maximum Gasteiger partial charge on any atom is 0.354 e. The molecule has 0 aromatic carbocycles. The Morgan fingerprint density at radius 3 is 2.65 bits per heavy atom. The lowest BCUT2D eigenvalue weighted by Gasteiger charge is -2.30. The zero-order valence-electron chi connectivity index (χ0n) is 18.8. The van der Waals surface area contributed by atoms with Crippen LogP contribution in [0.4, 0.5) is 0 Å². The van der Waals surface area contributed by atoms with Crippen molar-refractivity contribution >= 4 is 29.0 Å². The molecule has 7 nitrogen and oxygen atoms in total. The number of methoxy groups -OCH3 is 1. The van der Waals surface area contributed by atoms with Crippen molar-refractivity contribution in [3.8, 4) is 0 Å². The van der Waals surface area contributed by atoms with Crippen LogP contribution in [0.5, 0.6) is 0 Å². The van der Waals surface area contributed by atoms with E-state index in [1.54, 1.807) is 29.4 Å². The van der Waals surface area contributed by atoms with Gasteiger partial charge < -0.3 is 18.9 Å². The predicted molar refractivity (Wildman–Crippen MR) is 119 cm³/mol. The number of ketones is 1. The number of aromatic nitrogens is 1. The lowest BCUT2D eigenvalue weighted by atomic mass is 9.99. The van der Waals surface area contributed by atoms with Gasteiger partial charge >= 0.3 is 5.97 Å². The first-order valence-corrected chi connectivity index (χ1v) is 11.5. The van der Waals surface area contributed by atoms with Crippen LogP contribution in [0.2, 0.25) is 0 Å². The molecule has 0 aliphatic carbocycles. The number of hydrogen-bond donors (Lipinski definition) is 0. The minimum Gasteiger partial charge on any atom is -0.464 e. The molecule has 2 atom stereocenters. The Bertz CT molecular complexity index is 957. The molecule has 1 aliphatic heterocycles. The molecular weight excluding hydrogens is 416 g/mol. The summed E-state index contributed by atoms with van der Waals surface area (Å²) in [7, 11) is 1.33. The number of hydrogen-bond acceptors (Lipinski definition) is 6. The lowest BCUT2D eigenvalue weighted by molar-refractivity contribution is 0.0413. The van der Waals surface area contributed by atoms with Crippen LogP contribution in [0.15, 0.2) is 17.5 Å². The van der Waals surface area contributed by atoms with Crippen molar-refractivity contribution < 1.29 is 23.9 Å². The SMILES string of the molecule is CCn1c(C)c(C(=O)C(C)N(CC2CCCO2)C(=O)c2cccs2)c(C)c1C(=O)OC. The molecule has 8 heteroatoms. The van der Waals surface area contributed by atoms with E-state index in [0.29, 0.717) is 47.1 Å². The van der Waals surface area contributed by atoms with Crippen LogP contribution in [-0.2, 0) is 16.0 Å². The van der Waals surface area contributed by atoms with Crippen LogP contribution in [0.1, 0.15) is 68.5 Å². The molecule has 1 saturated heterocycles. The summed E-state index contributed by atoms with van der Waals surface area (Å²) in [5.74, 6) is -0.833. The van der Waals surface area contributed by atoms with Crippen molar-refractivity contribution in [2.24, 2.45) is 0 Å². The molecular formula is C23H30N2O5S. The van der Waals surface area contributed by atoms with Crippen molar-refractivity contribution in [2.75, 3.05) is 20.3 Å². The Labute approximate surface area is 186 Å². The monoisotopic (exact) mass is 446 g/mol. The molecule has 0 saturated carbocycles. The van der Waals surface area contributed by atoms with E-state index >= 15 is 0 Å². The van der Waals surface area contributed by atoms with E-state index in [4.69, 9.17) is 9.47 Å². The van der Waals surface area contributed by atoms with E-state index in [1.165, 1.54) is 18.4 Å². The lowest BCUT2D eigenvalue weighted by Crippen LogP contribution is -2.47.